The second-order valence-corrected chi connectivity index (χ2v) is 9.64. The molecule has 2 unspecified atom stereocenters. The molecular weight excluding hydrogens is 511 g/mol. The number of benzene rings is 2. The predicted molar refractivity (Wildman–Crippen MR) is 146 cm³/mol. The van der Waals surface area contributed by atoms with Crippen LogP contribution in [0.2, 0.25) is 0 Å². The average Bonchev–Trinajstić information content (AvgIpc) is 2.99. The van der Waals surface area contributed by atoms with Gasteiger partial charge < -0.3 is 5.11 Å². The fourth-order valence-corrected chi connectivity index (χ4v) is 5.07. The lowest BCUT2D eigenvalue weighted by molar-refractivity contribution is -0.144. The van der Waals surface area contributed by atoms with Gasteiger partial charge in [-0.25, -0.2) is 15.2 Å². The van der Waals surface area contributed by atoms with E-state index in [1.165, 1.54) is 12.1 Å². The Morgan fingerprint density at radius 3 is 2.42 bits per heavy atom. The van der Waals surface area contributed by atoms with Crippen LogP contribution in [0, 0.1) is 29.5 Å². The average molecular weight is 537 g/mol. The summed E-state index contributed by atoms with van der Waals surface area (Å²) < 4.78 is 14.9. The zero-order valence-corrected chi connectivity index (χ0v) is 21.4. The van der Waals surface area contributed by atoms with Crippen LogP contribution in [-0.2, 0) is 4.79 Å². The Kier molecular flexibility index (Phi) is 7.62. The number of aliphatic carboxylic acids is 1. The summed E-state index contributed by atoms with van der Waals surface area (Å²) in [5, 5.41) is 10.1. The van der Waals surface area contributed by atoms with Crippen LogP contribution in [0.1, 0.15) is 57.5 Å². The monoisotopic (exact) mass is 536 g/mol. The van der Waals surface area contributed by atoms with Crippen LogP contribution in [0.3, 0.4) is 0 Å². The van der Waals surface area contributed by atoms with Crippen LogP contribution >= 0.6 is 0 Å². The number of nitrogens with one attached hydrogen (secondary N) is 1. The summed E-state index contributed by atoms with van der Waals surface area (Å²) in [6.45, 7) is 0. The third-order valence-corrected chi connectivity index (χ3v) is 7.18. The number of hydrogen-bond donors (Lipinski definition) is 3. The van der Waals surface area contributed by atoms with E-state index >= 15 is 0 Å². The predicted octanol–water partition coefficient (Wildman–Crippen LogP) is 4.51. The molecule has 4 N–H and O–H groups in total. The lowest BCUT2D eigenvalue weighted by Gasteiger charge is -2.27. The number of pyridine rings is 2. The van der Waals surface area contributed by atoms with E-state index in [2.05, 4.69) is 27.2 Å². The van der Waals surface area contributed by atoms with Crippen molar-refractivity contribution in [3.63, 3.8) is 0 Å². The first-order valence-corrected chi connectivity index (χ1v) is 12.8. The topological polar surface area (TPSA) is 135 Å². The minimum absolute atomic E-state index is 0.126. The van der Waals surface area contributed by atoms with Crippen LogP contribution in [-0.4, -0.2) is 32.7 Å². The van der Waals surface area contributed by atoms with Crippen LogP contribution in [0.5, 0.6) is 0 Å². The van der Waals surface area contributed by atoms with Crippen molar-refractivity contribution < 1.29 is 23.9 Å². The van der Waals surface area contributed by atoms with Gasteiger partial charge in [-0.05, 0) is 55.3 Å². The van der Waals surface area contributed by atoms with Crippen molar-refractivity contribution in [3.8, 4) is 23.1 Å². The number of carboxylic acids is 1. The zero-order chi connectivity index (χ0) is 28.2. The molecule has 8 nitrogen and oxygen atoms in total. The second-order valence-electron chi connectivity index (χ2n) is 9.64. The molecule has 4 aromatic rings. The van der Waals surface area contributed by atoms with Crippen molar-refractivity contribution in [2.24, 2.45) is 17.7 Å². The largest absolute Gasteiger partial charge is 0.481 e. The molecular formula is C31H25FN4O4. The number of aromatic nitrogens is 2. The number of hydrogen-bond acceptors (Lipinski definition) is 6. The number of nitrogen functional groups attached to an aromatic ring is 1. The summed E-state index contributed by atoms with van der Waals surface area (Å²) in [4.78, 5) is 45.5. The number of nitrogens with zero attached hydrogens (tertiary/aromatic N) is 2. The highest BCUT2D eigenvalue weighted by atomic mass is 19.1. The molecule has 0 bridgehead atoms. The van der Waals surface area contributed by atoms with Crippen LogP contribution in [0.25, 0.3) is 22.2 Å². The van der Waals surface area contributed by atoms with Crippen molar-refractivity contribution in [1.29, 1.82) is 0 Å². The van der Waals surface area contributed by atoms with E-state index in [9.17, 15) is 23.9 Å². The Morgan fingerprint density at radius 1 is 0.975 bits per heavy atom. The number of carbonyl (C=O) groups is 3. The van der Waals surface area contributed by atoms with Gasteiger partial charge in [0.05, 0.1) is 28.3 Å². The van der Waals surface area contributed by atoms with Gasteiger partial charge in [-0.2, -0.15) is 0 Å². The number of hydrazine groups is 1. The standard InChI is InChI=1S/C31H25FN4O4/c32-26-15-21(29(37)22-3-1-2-4-23(22)31(39)40)12-11-19(26)8-5-18-6-9-20(10-7-18)28-16-24(30(38)36-33)25-17-34-14-13-27(25)35-28/h6-7,9-17,22-23H,1-4,33H2,(H,36,38)(H,39,40). The van der Waals surface area contributed by atoms with E-state index in [0.29, 0.717) is 40.6 Å². The van der Waals surface area contributed by atoms with Gasteiger partial charge in [-0.1, -0.05) is 36.8 Å². The molecule has 1 aliphatic carbocycles. The molecule has 0 saturated heterocycles. The molecule has 9 heteroatoms. The highest BCUT2D eigenvalue weighted by Gasteiger charge is 2.36. The van der Waals surface area contributed by atoms with E-state index in [1.54, 1.807) is 48.8 Å². The van der Waals surface area contributed by atoms with Crippen molar-refractivity contribution in [3.05, 3.63) is 95.1 Å². The summed E-state index contributed by atoms with van der Waals surface area (Å²) in [5.74, 6) is 7.26. The number of nitrogens with two attached hydrogens (primary N) is 1. The van der Waals surface area contributed by atoms with E-state index in [-0.39, 0.29) is 16.9 Å². The number of carbonyl (C=O) groups excluding carboxylic acids is 2. The Hall–Kier alpha value is -4.94. The van der Waals surface area contributed by atoms with Gasteiger partial charge >= 0.3 is 5.97 Å². The number of Topliss-reactive ketones (excluding diaryl/α,β-unsaturated/α-hetero) is 1. The highest BCUT2D eigenvalue weighted by molar-refractivity contribution is 6.06. The van der Waals surface area contributed by atoms with Crippen molar-refractivity contribution in [2.45, 2.75) is 25.7 Å². The van der Waals surface area contributed by atoms with Gasteiger partial charge in [0.25, 0.3) is 5.91 Å². The number of carboxylic acid groups (broad SMARTS) is 1. The quantitative estimate of drug-likeness (QED) is 0.112. The Bertz CT molecular complexity index is 1690. The third kappa shape index (κ3) is 5.44. The van der Waals surface area contributed by atoms with Crippen LogP contribution in [0.4, 0.5) is 4.39 Å². The van der Waals surface area contributed by atoms with Crippen molar-refractivity contribution in [1.82, 2.24) is 15.4 Å². The van der Waals surface area contributed by atoms with Gasteiger partial charge in [0.1, 0.15) is 5.82 Å². The number of halogens is 1. The molecule has 200 valence electrons. The van der Waals surface area contributed by atoms with Gasteiger partial charge in [0.15, 0.2) is 5.78 Å². The summed E-state index contributed by atoms with van der Waals surface area (Å²) in [6, 6.07) is 14.5. The first kappa shape index (κ1) is 26.7. The maximum Gasteiger partial charge on any atom is 0.307 e. The molecule has 1 amide bonds. The molecule has 2 aromatic heterocycles. The maximum absolute atomic E-state index is 14.9. The highest BCUT2D eigenvalue weighted by Crippen LogP contribution is 2.33. The molecule has 0 radical (unpaired) electrons. The molecule has 2 heterocycles. The minimum atomic E-state index is -0.984. The molecule has 0 spiro atoms. The molecule has 1 aliphatic rings. The van der Waals surface area contributed by atoms with Crippen LogP contribution in [0.15, 0.2) is 67.0 Å². The summed E-state index contributed by atoms with van der Waals surface area (Å²) in [6.07, 6.45) is 5.64. The first-order valence-electron chi connectivity index (χ1n) is 12.8. The van der Waals surface area contributed by atoms with Gasteiger partial charge in [-0.15, -0.1) is 0 Å². The summed E-state index contributed by atoms with van der Waals surface area (Å²) in [7, 11) is 0. The van der Waals surface area contributed by atoms with Gasteiger partial charge in [0, 0.05) is 40.4 Å². The number of rotatable bonds is 5. The van der Waals surface area contributed by atoms with Crippen molar-refractivity contribution in [2.75, 3.05) is 0 Å². The second kappa shape index (κ2) is 11.4. The summed E-state index contributed by atoms with van der Waals surface area (Å²) in [5.41, 5.74) is 5.30. The third-order valence-electron chi connectivity index (χ3n) is 7.18. The number of fused-ring (bicyclic) bond motifs is 1. The zero-order valence-electron chi connectivity index (χ0n) is 21.4. The van der Waals surface area contributed by atoms with Gasteiger partial charge in [-0.3, -0.25) is 24.8 Å². The Labute approximate surface area is 229 Å². The molecule has 1 saturated carbocycles. The summed E-state index contributed by atoms with van der Waals surface area (Å²) >= 11 is 0. The number of ketones is 1. The molecule has 0 aliphatic heterocycles. The van der Waals surface area contributed by atoms with Crippen molar-refractivity contribution >= 4 is 28.6 Å². The van der Waals surface area contributed by atoms with E-state index < -0.39 is 29.5 Å². The Balaban J connectivity index is 1.36. The maximum atomic E-state index is 14.9. The minimum Gasteiger partial charge on any atom is -0.481 e. The smallest absolute Gasteiger partial charge is 0.307 e. The Morgan fingerprint density at radius 2 is 1.73 bits per heavy atom. The molecule has 40 heavy (non-hydrogen) atoms. The van der Waals surface area contributed by atoms with E-state index in [0.717, 1.165) is 24.5 Å². The fraction of sp³-hybridized carbons (Fsp3) is 0.194. The molecule has 2 aromatic carbocycles. The van der Waals surface area contributed by atoms with Crippen LogP contribution < -0.4 is 11.3 Å². The lowest BCUT2D eigenvalue weighted by atomic mass is 9.75. The fourth-order valence-electron chi connectivity index (χ4n) is 5.07. The normalized spacial score (nSPS) is 16.6. The number of amides is 1. The molecule has 1 fully saturated rings. The SMILES string of the molecule is NNC(=O)c1cc(-c2ccc(C#Cc3ccc(C(=O)C4CCCCC4C(=O)O)cc3F)cc2)nc2ccncc12. The first-order chi connectivity index (χ1) is 19.4. The van der Waals surface area contributed by atoms with Gasteiger partial charge in [0.2, 0.25) is 0 Å². The van der Waals surface area contributed by atoms with E-state index in [4.69, 9.17) is 5.84 Å². The van der Waals surface area contributed by atoms with E-state index in [1.807, 2.05) is 0 Å². The lowest BCUT2D eigenvalue weighted by Crippen LogP contribution is -2.32. The molecule has 5 rings (SSSR count). The molecule has 2 atom stereocenters.